The second kappa shape index (κ2) is 5.24. The van der Waals surface area contributed by atoms with Crippen molar-refractivity contribution < 1.29 is 12.8 Å². The summed E-state index contributed by atoms with van der Waals surface area (Å²) in [6.07, 6.45) is 0. The molecule has 100 valence electrons. The third-order valence-corrected chi connectivity index (χ3v) is 5.23. The zero-order valence-electron chi connectivity index (χ0n) is 9.86. The van der Waals surface area contributed by atoms with E-state index in [1.54, 1.807) is 0 Å². The molecule has 2 rings (SSSR count). The van der Waals surface area contributed by atoms with Crippen LogP contribution in [0.5, 0.6) is 0 Å². The second-order valence-electron chi connectivity index (χ2n) is 4.29. The van der Waals surface area contributed by atoms with Crippen molar-refractivity contribution in [2.75, 3.05) is 19.6 Å². The van der Waals surface area contributed by atoms with E-state index in [9.17, 15) is 12.8 Å². The van der Waals surface area contributed by atoms with Crippen LogP contribution < -0.4 is 5.32 Å². The molecule has 18 heavy (non-hydrogen) atoms. The predicted molar refractivity (Wildman–Crippen MR) is 70.3 cm³/mol. The molecule has 0 spiro atoms. The maximum Gasteiger partial charge on any atom is 0.246 e. The zero-order chi connectivity index (χ0) is 13.3. The van der Waals surface area contributed by atoms with Crippen molar-refractivity contribution in [2.24, 2.45) is 0 Å². The van der Waals surface area contributed by atoms with Gasteiger partial charge in [0.15, 0.2) is 0 Å². The molecule has 1 aromatic rings. The molecule has 0 bridgehead atoms. The van der Waals surface area contributed by atoms with Gasteiger partial charge in [0, 0.05) is 30.1 Å². The molecule has 0 aromatic heterocycles. The number of nitrogens with one attached hydrogen (secondary N) is 1. The first-order valence-corrected chi connectivity index (χ1v) is 7.83. The quantitative estimate of drug-likeness (QED) is 0.891. The number of benzene rings is 1. The van der Waals surface area contributed by atoms with Crippen molar-refractivity contribution in [2.45, 2.75) is 17.9 Å². The van der Waals surface area contributed by atoms with E-state index < -0.39 is 15.8 Å². The summed E-state index contributed by atoms with van der Waals surface area (Å²) < 4.78 is 40.2. The van der Waals surface area contributed by atoms with E-state index in [-0.39, 0.29) is 10.9 Å². The highest BCUT2D eigenvalue weighted by Crippen LogP contribution is 2.23. The summed E-state index contributed by atoms with van der Waals surface area (Å²) in [4.78, 5) is -0.264. The van der Waals surface area contributed by atoms with Crippen molar-refractivity contribution in [3.05, 3.63) is 28.5 Å². The summed E-state index contributed by atoms with van der Waals surface area (Å²) >= 11 is 3.11. The molecule has 0 radical (unpaired) electrons. The number of rotatable bonds is 2. The van der Waals surface area contributed by atoms with Gasteiger partial charge in [-0.05, 0) is 25.1 Å². The van der Waals surface area contributed by atoms with Crippen molar-refractivity contribution in [3.8, 4) is 0 Å². The number of piperazine rings is 1. The van der Waals surface area contributed by atoms with Crippen molar-refractivity contribution in [3.63, 3.8) is 0 Å². The highest BCUT2D eigenvalue weighted by molar-refractivity contribution is 9.10. The fourth-order valence-corrected chi connectivity index (χ4v) is 3.85. The lowest BCUT2D eigenvalue weighted by atomic mass is 10.3. The minimum Gasteiger partial charge on any atom is -0.312 e. The lowest BCUT2D eigenvalue weighted by molar-refractivity contribution is 0.309. The van der Waals surface area contributed by atoms with Crippen molar-refractivity contribution in [1.82, 2.24) is 9.62 Å². The molecule has 0 aliphatic carbocycles. The molecule has 1 N–H and O–H groups in total. The summed E-state index contributed by atoms with van der Waals surface area (Å²) in [5, 5.41) is 3.15. The van der Waals surface area contributed by atoms with Gasteiger partial charge in [-0.25, -0.2) is 12.8 Å². The Morgan fingerprint density at radius 3 is 2.83 bits per heavy atom. The molecule has 1 aliphatic heterocycles. The first kappa shape index (κ1) is 13.9. The summed E-state index contributed by atoms with van der Waals surface area (Å²) in [6, 6.07) is 4.06. The Hall–Kier alpha value is -0.500. The second-order valence-corrected chi connectivity index (χ2v) is 7.12. The average molecular weight is 337 g/mol. The minimum absolute atomic E-state index is 0.0760. The molecule has 1 unspecified atom stereocenters. The fourth-order valence-electron chi connectivity index (χ4n) is 1.94. The van der Waals surface area contributed by atoms with Gasteiger partial charge in [0.05, 0.1) is 0 Å². The van der Waals surface area contributed by atoms with Crippen LogP contribution in [0.4, 0.5) is 4.39 Å². The van der Waals surface area contributed by atoms with Crippen LogP contribution in [0, 0.1) is 5.82 Å². The first-order chi connectivity index (χ1) is 8.41. The number of halogens is 2. The van der Waals surface area contributed by atoms with Crippen LogP contribution in [0.2, 0.25) is 0 Å². The highest BCUT2D eigenvalue weighted by Gasteiger charge is 2.30. The van der Waals surface area contributed by atoms with Crippen LogP contribution >= 0.6 is 15.9 Å². The summed E-state index contributed by atoms with van der Waals surface area (Å²) in [5.41, 5.74) is 0. The first-order valence-electron chi connectivity index (χ1n) is 5.60. The molecule has 1 fully saturated rings. The van der Waals surface area contributed by atoms with Gasteiger partial charge in [0.25, 0.3) is 0 Å². The van der Waals surface area contributed by atoms with E-state index in [0.29, 0.717) is 24.1 Å². The van der Waals surface area contributed by atoms with Crippen LogP contribution in [0.25, 0.3) is 0 Å². The van der Waals surface area contributed by atoms with Crippen LogP contribution in [0.1, 0.15) is 6.92 Å². The highest BCUT2D eigenvalue weighted by atomic mass is 79.9. The molecule has 7 heteroatoms. The van der Waals surface area contributed by atoms with E-state index in [1.807, 2.05) is 6.92 Å². The maximum absolute atomic E-state index is 13.7. The monoisotopic (exact) mass is 336 g/mol. The molecule has 1 aliphatic rings. The standard InChI is InChI=1S/C11H14BrFN2O2S/c1-8-7-15(5-4-14-8)18(16,17)11-3-2-9(12)6-10(11)13/h2-3,6,8,14H,4-5,7H2,1H3. The minimum atomic E-state index is -3.74. The topological polar surface area (TPSA) is 49.4 Å². The van der Waals surface area contributed by atoms with E-state index in [0.717, 1.165) is 0 Å². The Labute approximate surface area is 114 Å². The van der Waals surface area contributed by atoms with Crippen LogP contribution in [-0.4, -0.2) is 38.4 Å². The Morgan fingerprint density at radius 2 is 2.22 bits per heavy atom. The number of sulfonamides is 1. The molecule has 1 heterocycles. The van der Waals surface area contributed by atoms with Crippen LogP contribution in [0.15, 0.2) is 27.6 Å². The molecule has 1 aromatic carbocycles. The van der Waals surface area contributed by atoms with Crippen molar-refractivity contribution >= 4 is 26.0 Å². The SMILES string of the molecule is CC1CN(S(=O)(=O)c2ccc(Br)cc2F)CCN1. The number of hydrogen-bond donors (Lipinski definition) is 1. The van der Waals surface area contributed by atoms with Crippen LogP contribution in [-0.2, 0) is 10.0 Å². The van der Waals surface area contributed by atoms with Crippen LogP contribution in [0.3, 0.4) is 0 Å². The van der Waals surface area contributed by atoms with Crippen molar-refractivity contribution in [1.29, 1.82) is 0 Å². The maximum atomic E-state index is 13.7. The largest absolute Gasteiger partial charge is 0.312 e. The van der Waals surface area contributed by atoms with Gasteiger partial charge in [0.2, 0.25) is 10.0 Å². The molecular weight excluding hydrogens is 323 g/mol. The molecule has 1 saturated heterocycles. The summed E-state index contributed by atoms with van der Waals surface area (Å²) in [7, 11) is -3.74. The Balaban J connectivity index is 2.35. The Kier molecular flexibility index (Phi) is 4.05. The smallest absolute Gasteiger partial charge is 0.246 e. The normalized spacial score (nSPS) is 22.1. The van der Waals surface area contributed by atoms with Gasteiger partial charge in [-0.15, -0.1) is 0 Å². The summed E-state index contributed by atoms with van der Waals surface area (Å²) in [6.45, 7) is 3.21. The van der Waals surface area contributed by atoms with Gasteiger partial charge >= 0.3 is 0 Å². The third-order valence-electron chi connectivity index (χ3n) is 2.84. The van der Waals surface area contributed by atoms with Gasteiger partial charge in [-0.1, -0.05) is 15.9 Å². The van der Waals surface area contributed by atoms with Gasteiger partial charge in [0.1, 0.15) is 10.7 Å². The third kappa shape index (κ3) is 2.74. The fraction of sp³-hybridized carbons (Fsp3) is 0.455. The van der Waals surface area contributed by atoms with Gasteiger partial charge in [-0.2, -0.15) is 4.31 Å². The van der Waals surface area contributed by atoms with Gasteiger partial charge < -0.3 is 5.32 Å². The molecule has 4 nitrogen and oxygen atoms in total. The number of hydrogen-bond acceptors (Lipinski definition) is 3. The number of nitrogens with zero attached hydrogens (tertiary/aromatic N) is 1. The zero-order valence-corrected chi connectivity index (χ0v) is 12.3. The Morgan fingerprint density at radius 1 is 1.50 bits per heavy atom. The molecule has 1 atom stereocenters. The summed E-state index contributed by atoms with van der Waals surface area (Å²) in [5.74, 6) is -0.726. The van der Waals surface area contributed by atoms with Gasteiger partial charge in [-0.3, -0.25) is 0 Å². The molecular formula is C11H14BrFN2O2S. The van der Waals surface area contributed by atoms with E-state index in [2.05, 4.69) is 21.2 Å². The lowest BCUT2D eigenvalue weighted by Gasteiger charge is -2.31. The van der Waals surface area contributed by atoms with E-state index in [1.165, 1.54) is 22.5 Å². The predicted octanol–water partition coefficient (Wildman–Crippen LogP) is 1.57. The lowest BCUT2D eigenvalue weighted by Crippen LogP contribution is -2.51. The Bertz CT molecular complexity index is 550. The van der Waals surface area contributed by atoms with E-state index >= 15 is 0 Å². The average Bonchev–Trinajstić information content (AvgIpc) is 2.28. The molecule has 0 amide bonds. The molecule has 0 saturated carbocycles. The van der Waals surface area contributed by atoms with E-state index in [4.69, 9.17) is 0 Å².